The maximum atomic E-state index is 12.7. The predicted molar refractivity (Wildman–Crippen MR) is 103 cm³/mol. The van der Waals surface area contributed by atoms with Gasteiger partial charge in [0.25, 0.3) is 0 Å². The average Bonchev–Trinajstić information content (AvgIpc) is 3.15. The molecule has 7 nitrogen and oxygen atoms in total. The highest BCUT2D eigenvalue weighted by Crippen LogP contribution is 2.26. The third kappa shape index (κ3) is 4.07. The normalized spacial score (nSPS) is 15.0. The Labute approximate surface area is 161 Å². The summed E-state index contributed by atoms with van der Waals surface area (Å²) in [5.41, 5.74) is 1.52. The van der Waals surface area contributed by atoms with E-state index < -0.39 is 0 Å². The molecule has 0 spiro atoms. The van der Waals surface area contributed by atoms with Gasteiger partial charge in [0.2, 0.25) is 5.91 Å². The van der Waals surface area contributed by atoms with Crippen molar-refractivity contribution < 1.29 is 9.59 Å². The second-order valence-corrected chi connectivity index (χ2v) is 7.46. The molecule has 0 radical (unpaired) electrons. The number of amides is 3. The first kappa shape index (κ1) is 18.4. The third-order valence-corrected chi connectivity index (χ3v) is 4.98. The maximum Gasteiger partial charge on any atom is 0.319 e. The van der Waals surface area contributed by atoms with Gasteiger partial charge >= 0.3 is 6.03 Å². The number of halogens is 1. The lowest BCUT2D eigenvalue weighted by molar-refractivity contribution is -0.121. The highest BCUT2D eigenvalue weighted by atomic mass is 79.9. The quantitative estimate of drug-likeness (QED) is 0.830. The fourth-order valence-corrected chi connectivity index (χ4v) is 3.43. The number of nitrogens with one attached hydrogen (secondary N) is 1. The van der Waals surface area contributed by atoms with Gasteiger partial charge in [-0.3, -0.25) is 4.79 Å². The standard InChI is InChI=1S/C18H22BrN5O2/c1-22(2)18(26)23-10-6-13(7-11-23)17(25)21-15-12-14(19)4-5-16(15)24-9-3-8-20-24/h3-5,8-9,12-13H,6-7,10-11H2,1-2H3,(H,21,25). The molecule has 2 aromatic rings. The topological polar surface area (TPSA) is 70.5 Å². The fourth-order valence-electron chi connectivity index (χ4n) is 3.07. The number of carbonyl (C=O) groups excluding carboxylic acids is 2. The van der Waals surface area contributed by atoms with Crippen LogP contribution in [0.2, 0.25) is 0 Å². The molecule has 0 bridgehead atoms. The minimum Gasteiger partial charge on any atom is -0.331 e. The van der Waals surface area contributed by atoms with E-state index in [4.69, 9.17) is 0 Å². The van der Waals surface area contributed by atoms with Crippen molar-refractivity contribution in [1.82, 2.24) is 19.6 Å². The van der Waals surface area contributed by atoms with Crippen LogP contribution in [0.5, 0.6) is 0 Å². The fraction of sp³-hybridized carbons (Fsp3) is 0.389. The average molecular weight is 420 g/mol. The minimum absolute atomic E-state index is 0.00295. The smallest absolute Gasteiger partial charge is 0.319 e. The van der Waals surface area contributed by atoms with Gasteiger partial charge < -0.3 is 15.1 Å². The first-order valence-corrected chi connectivity index (χ1v) is 9.31. The second kappa shape index (κ2) is 7.90. The van der Waals surface area contributed by atoms with Crippen molar-refractivity contribution in [3.63, 3.8) is 0 Å². The summed E-state index contributed by atoms with van der Waals surface area (Å²) in [5, 5.41) is 7.28. The van der Waals surface area contributed by atoms with Crippen LogP contribution in [0.4, 0.5) is 10.5 Å². The second-order valence-electron chi connectivity index (χ2n) is 6.54. The molecule has 2 heterocycles. The van der Waals surface area contributed by atoms with E-state index in [9.17, 15) is 9.59 Å². The Morgan fingerprint density at radius 1 is 1.27 bits per heavy atom. The zero-order valence-corrected chi connectivity index (χ0v) is 16.4. The van der Waals surface area contributed by atoms with Crippen molar-refractivity contribution in [1.29, 1.82) is 0 Å². The van der Waals surface area contributed by atoms with E-state index in [2.05, 4.69) is 26.3 Å². The van der Waals surface area contributed by atoms with Crippen molar-refractivity contribution in [2.24, 2.45) is 5.92 Å². The Bertz CT molecular complexity index is 783. The highest BCUT2D eigenvalue weighted by Gasteiger charge is 2.28. The van der Waals surface area contributed by atoms with Gasteiger partial charge in [0.1, 0.15) is 0 Å². The van der Waals surface area contributed by atoms with Crippen LogP contribution in [0.15, 0.2) is 41.1 Å². The van der Waals surface area contributed by atoms with Gasteiger partial charge in [-0.2, -0.15) is 5.10 Å². The van der Waals surface area contributed by atoms with Gasteiger partial charge in [-0.15, -0.1) is 0 Å². The Kier molecular flexibility index (Phi) is 5.61. The molecule has 8 heteroatoms. The van der Waals surface area contributed by atoms with Crippen LogP contribution < -0.4 is 5.32 Å². The largest absolute Gasteiger partial charge is 0.331 e. The molecule has 1 fully saturated rings. The predicted octanol–water partition coefficient (Wildman–Crippen LogP) is 2.97. The lowest BCUT2D eigenvalue weighted by Crippen LogP contribution is -2.45. The van der Waals surface area contributed by atoms with Crippen LogP contribution in [0.1, 0.15) is 12.8 Å². The monoisotopic (exact) mass is 419 g/mol. The molecule has 1 aromatic carbocycles. The van der Waals surface area contributed by atoms with E-state index in [-0.39, 0.29) is 17.9 Å². The van der Waals surface area contributed by atoms with Crippen molar-refractivity contribution in [2.75, 3.05) is 32.5 Å². The van der Waals surface area contributed by atoms with Gasteiger partial charge in [-0.1, -0.05) is 15.9 Å². The Morgan fingerprint density at radius 2 is 2.00 bits per heavy atom. The summed E-state index contributed by atoms with van der Waals surface area (Å²) in [5.74, 6) is -0.126. The number of nitrogens with zero attached hydrogens (tertiary/aromatic N) is 4. The molecule has 1 aliphatic rings. The summed E-state index contributed by atoms with van der Waals surface area (Å²) >= 11 is 3.45. The minimum atomic E-state index is -0.106. The molecule has 1 N–H and O–H groups in total. The van der Waals surface area contributed by atoms with Gasteiger partial charge in [0.05, 0.1) is 11.4 Å². The summed E-state index contributed by atoms with van der Waals surface area (Å²) in [6.07, 6.45) is 4.86. The summed E-state index contributed by atoms with van der Waals surface area (Å²) in [4.78, 5) is 28.1. The molecular formula is C18H22BrN5O2. The highest BCUT2D eigenvalue weighted by molar-refractivity contribution is 9.10. The molecule has 0 aliphatic carbocycles. The van der Waals surface area contributed by atoms with Crippen molar-refractivity contribution in [2.45, 2.75) is 12.8 Å². The number of likely N-dealkylation sites (tertiary alicyclic amines) is 1. The van der Waals surface area contributed by atoms with E-state index in [1.807, 2.05) is 30.5 Å². The summed E-state index contributed by atoms with van der Waals surface area (Å²) in [6, 6.07) is 7.53. The van der Waals surface area contributed by atoms with Gasteiger partial charge in [-0.05, 0) is 37.1 Å². The number of carbonyl (C=O) groups is 2. The summed E-state index contributed by atoms with van der Waals surface area (Å²) < 4.78 is 2.61. The number of rotatable bonds is 3. The SMILES string of the molecule is CN(C)C(=O)N1CCC(C(=O)Nc2cc(Br)ccc2-n2cccn2)CC1. The van der Waals surface area contributed by atoms with E-state index in [1.54, 1.807) is 34.8 Å². The number of hydrogen-bond donors (Lipinski definition) is 1. The zero-order valence-electron chi connectivity index (χ0n) is 14.9. The van der Waals surface area contributed by atoms with E-state index >= 15 is 0 Å². The molecule has 138 valence electrons. The first-order valence-electron chi connectivity index (χ1n) is 8.52. The molecule has 1 saturated heterocycles. The molecule has 1 aromatic heterocycles. The number of anilines is 1. The van der Waals surface area contributed by atoms with Crippen LogP contribution in [-0.4, -0.2) is 58.7 Å². The first-order chi connectivity index (χ1) is 12.5. The van der Waals surface area contributed by atoms with Crippen LogP contribution >= 0.6 is 15.9 Å². The van der Waals surface area contributed by atoms with E-state index in [1.165, 1.54) is 0 Å². The lowest BCUT2D eigenvalue weighted by atomic mass is 9.96. The van der Waals surface area contributed by atoms with E-state index in [0.717, 1.165) is 10.2 Å². The van der Waals surface area contributed by atoms with Gasteiger partial charge in [-0.25, -0.2) is 9.48 Å². The van der Waals surface area contributed by atoms with Gasteiger partial charge in [0.15, 0.2) is 0 Å². The van der Waals surface area contributed by atoms with Crippen LogP contribution in [0.3, 0.4) is 0 Å². The van der Waals surface area contributed by atoms with E-state index in [0.29, 0.717) is 31.6 Å². The number of piperidine rings is 1. The third-order valence-electron chi connectivity index (χ3n) is 4.49. The van der Waals surface area contributed by atoms with Crippen LogP contribution in [0.25, 0.3) is 5.69 Å². The molecule has 0 unspecified atom stereocenters. The van der Waals surface area contributed by atoms with Crippen molar-refractivity contribution >= 4 is 33.6 Å². The Morgan fingerprint density at radius 3 is 2.62 bits per heavy atom. The molecule has 26 heavy (non-hydrogen) atoms. The van der Waals surface area contributed by atoms with Crippen molar-refractivity contribution in [3.05, 3.63) is 41.1 Å². The summed E-state index contributed by atoms with van der Waals surface area (Å²) in [6.45, 7) is 1.19. The number of urea groups is 1. The Balaban J connectivity index is 1.68. The molecular weight excluding hydrogens is 398 g/mol. The van der Waals surface area contributed by atoms with Gasteiger partial charge in [0, 0.05) is 50.0 Å². The number of hydrogen-bond acceptors (Lipinski definition) is 3. The molecule has 0 atom stereocenters. The van der Waals surface area contributed by atoms with Crippen LogP contribution in [0, 0.1) is 5.92 Å². The zero-order chi connectivity index (χ0) is 18.7. The number of benzene rings is 1. The van der Waals surface area contributed by atoms with Crippen LogP contribution in [-0.2, 0) is 4.79 Å². The molecule has 0 saturated carbocycles. The molecule has 3 rings (SSSR count). The molecule has 3 amide bonds. The maximum absolute atomic E-state index is 12.7. The molecule has 1 aliphatic heterocycles. The van der Waals surface area contributed by atoms with Crippen molar-refractivity contribution in [3.8, 4) is 5.69 Å². The summed E-state index contributed by atoms with van der Waals surface area (Å²) in [7, 11) is 3.48. The lowest BCUT2D eigenvalue weighted by Gasteiger charge is -2.33. The Hall–Kier alpha value is -2.35. The number of aromatic nitrogens is 2.